The minimum absolute atomic E-state index is 0.336. The number of esters is 2. The molecule has 0 atom stereocenters. The second kappa shape index (κ2) is 5.33. The number of methoxy groups -OCH3 is 1. The summed E-state index contributed by atoms with van der Waals surface area (Å²) in [5.41, 5.74) is 2.98. The Labute approximate surface area is 117 Å². The Morgan fingerprint density at radius 2 is 1.70 bits per heavy atom. The molecule has 1 saturated heterocycles. The van der Waals surface area contributed by atoms with Crippen molar-refractivity contribution in [1.29, 1.82) is 0 Å². The van der Waals surface area contributed by atoms with Crippen molar-refractivity contribution in [3.63, 3.8) is 0 Å². The zero-order valence-corrected chi connectivity index (χ0v) is 11.9. The van der Waals surface area contributed by atoms with Gasteiger partial charge in [0.05, 0.1) is 18.3 Å². The van der Waals surface area contributed by atoms with Crippen LogP contribution in [0, 0.1) is 0 Å². The van der Waals surface area contributed by atoms with Crippen LogP contribution in [0.25, 0.3) is 5.57 Å². The van der Waals surface area contributed by atoms with Crippen LogP contribution in [0.4, 0.5) is 0 Å². The lowest BCUT2D eigenvalue weighted by atomic mass is 9.95. The molecule has 0 bridgehead atoms. The Kier molecular flexibility index (Phi) is 3.74. The highest BCUT2D eigenvalue weighted by Gasteiger charge is 2.36. The number of carbonyl (C=O) groups is 2. The van der Waals surface area contributed by atoms with Gasteiger partial charge in [-0.3, -0.25) is 0 Å². The quantitative estimate of drug-likeness (QED) is 0.472. The van der Waals surface area contributed by atoms with Gasteiger partial charge in [0.1, 0.15) is 5.75 Å². The van der Waals surface area contributed by atoms with Gasteiger partial charge in [-0.1, -0.05) is 17.7 Å². The molecule has 4 heteroatoms. The Morgan fingerprint density at radius 3 is 2.30 bits per heavy atom. The van der Waals surface area contributed by atoms with E-state index in [0.29, 0.717) is 22.5 Å². The second-order valence-electron chi connectivity index (χ2n) is 4.78. The first-order chi connectivity index (χ1) is 9.45. The number of allylic oxidation sites excluding steroid dienone is 2. The summed E-state index contributed by atoms with van der Waals surface area (Å²) in [5, 5.41) is 0. The summed E-state index contributed by atoms with van der Waals surface area (Å²) in [6.07, 6.45) is 0. The van der Waals surface area contributed by atoms with E-state index in [9.17, 15) is 9.59 Å². The lowest BCUT2D eigenvalue weighted by Crippen LogP contribution is -1.99. The molecule has 1 aromatic carbocycles. The molecule has 2 rings (SSSR count). The summed E-state index contributed by atoms with van der Waals surface area (Å²) in [6, 6.07) is 7.34. The van der Waals surface area contributed by atoms with Crippen LogP contribution >= 0.6 is 0 Å². The van der Waals surface area contributed by atoms with E-state index in [2.05, 4.69) is 0 Å². The molecule has 0 radical (unpaired) electrons. The third kappa shape index (κ3) is 2.37. The molecule has 0 saturated carbocycles. The van der Waals surface area contributed by atoms with Gasteiger partial charge < -0.3 is 9.47 Å². The number of hydrogen-bond donors (Lipinski definition) is 0. The Hall–Kier alpha value is -2.36. The molecule has 0 N–H and O–H groups in total. The number of carbonyl (C=O) groups excluding carboxylic acids is 2. The van der Waals surface area contributed by atoms with Crippen LogP contribution in [0.5, 0.6) is 5.75 Å². The Bertz CT molecular complexity index is 646. The number of cyclic esters (lactones) is 2. The molecular formula is C16H16O4. The van der Waals surface area contributed by atoms with Crippen LogP contribution in [-0.2, 0) is 14.3 Å². The van der Waals surface area contributed by atoms with E-state index in [1.54, 1.807) is 27.9 Å². The van der Waals surface area contributed by atoms with Gasteiger partial charge in [0.15, 0.2) is 0 Å². The first-order valence-corrected chi connectivity index (χ1v) is 6.25. The van der Waals surface area contributed by atoms with E-state index < -0.39 is 11.9 Å². The highest BCUT2D eigenvalue weighted by Crippen LogP contribution is 2.33. The fraction of sp³-hybridized carbons (Fsp3) is 0.250. The fourth-order valence-electron chi connectivity index (χ4n) is 2.19. The maximum Gasteiger partial charge on any atom is 0.347 e. The van der Waals surface area contributed by atoms with Crippen LogP contribution in [0.15, 0.2) is 41.0 Å². The summed E-state index contributed by atoms with van der Waals surface area (Å²) in [4.78, 5) is 23.6. The van der Waals surface area contributed by atoms with E-state index in [4.69, 9.17) is 9.47 Å². The van der Waals surface area contributed by atoms with E-state index in [1.165, 1.54) is 0 Å². The van der Waals surface area contributed by atoms with Crippen LogP contribution < -0.4 is 4.74 Å². The van der Waals surface area contributed by atoms with Crippen LogP contribution in [0.1, 0.15) is 26.3 Å². The minimum Gasteiger partial charge on any atom is -0.497 e. The zero-order valence-electron chi connectivity index (χ0n) is 11.9. The molecular weight excluding hydrogens is 256 g/mol. The molecule has 0 amide bonds. The van der Waals surface area contributed by atoms with E-state index in [0.717, 1.165) is 11.1 Å². The summed E-state index contributed by atoms with van der Waals surface area (Å²) in [5.74, 6) is -0.474. The van der Waals surface area contributed by atoms with Gasteiger partial charge in [-0.25, -0.2) is 9.59 Å². The summed E-state index contributed by atoms with van der Waals surface area (Å²) >= 11 is 0. The molecule has 4 nitrogen and oxygen atoms in total. The molecule has 1 heterocycles. The minimum atomic E-state index is -0.591. The van der Waals surface area contributed by atoms with E-state index >= 15 is 0 Å². The number of ether oxygens (including phenoxy) is 2. The molecule has 20 heavy (non-hydrogen) atoms. The second-order valence-corrected chi connectivity index (χ2v) is 4.78. The average molecular weight is 272 g/mol. The predicted molar refractivity (Wildman–Crippen MR) is 75.1 cm³/mol. The zero-order chi connectivity index (χ0) is 14.9. The summed E-state index contributed by atoms with van der Waals surface area (Å²) in [7, 11) is 1.58. The smallest absolute Gasteiger partial charge is 0.347 e. The highest BCUT2D eigenvalue weighted by atomic mass is 16.6. The SMILES string of the molecule is COc1cccc(/C(C)=C2/C(=O)OC(=O)C2=C(C)C)c1. The maximum absolute atomic E-state index is 11.9. The number of benzene rings is 1. The van der Waals surface area contributed by atoms with E-state index in [-0.39, 0.29) is 0 Å². The largest absolute Gasteiger partial charge is 0.497 e. The fourth-order valence-corrected chi connectivity index (χ4v) is 2.19. The Balaban J connectivity index is 2.63. The van der Waals surface area contributed by atoms with Gasteiger partial charge in [-0.15, -0.1) is 0 Å². The third-order valence-electron chi connectivity index (χ3n) is 3.22. The monoisotopic (exact) mass is 272 g/mol. The van der Waals surface area contributed by atoms with Gasteiger partial charge in [0.2, 0.25) is 0 Å². The number of rotatable bonds is 2. The van der Waals surface area contributed by atoms with Crippen molar-refractivity contribution in [3.05, 3.63) is 46.5 Å². The average Bonchev–Trinajstić information content (AvgIpc) is 2.72. The first kappa shape index (κ1) is 14.1. The van der Waals surface area contributed by atoms with Crippen molar-refractivity contribution in [2.75, 3.05) is 7.11 Å². The van der Waals surface area contributed by atoms with Gasteiger partial charge in [-0.2, -0.15) is 0 Å². The molecule has 104 valence electrons. The molecule has 0 spiro atoms. The molecule has 0 aromatic heterocycles. The van der Waals surface area contributed by atoms with E-state index in [1.807, 2.05) is 24.3 Å². The van der Waals surface area contributed by atoms with Gasteiger partial charge in [0, 0.05) is 0 Å². The lowest BCUT2D eigenvalue weighted by Gasteiger charge is -2.07. The van der Waals surface area contributed by atoms with Crippen molar-refractivity contribution in [3.8, 4) is 5.75 Å². The first-order valence-electron chi connectivity index (χ1n) is 6.25. The standard InChI is InChI=1S/C16H16O4/c1-9(2)13-14(16(18)20-15(13)17)10(3)11-6-5-7-12(8-11)19-4/h5-8H,1-4H3/b14-10+. The molecule has 1 aliphatic rings. The summed E-state index contributed by atoms with van der Waals surface area (Å²) in [6.45, 7) is 5.37. The molecule has 1 aliphatic heterocycles. The van der Waals surface area contributed by atoms with Crippen LogP contribution in [0.2, 0.25) is 0 Å². The third-order valence-corrected chi connectivity index (χ3v) is 3.22. The van der Waals surface area contributed by atoms with Crippen molar-refractivity contribution in [1.82, 2.24) is 0 Å². The van der Waals surface area contributed by atoms with Gasteiger partial charge >= 0.3 is 11.9 Å². The van der Waals surface area contributed by atoms with Gasteiger partial charge in [-0.05, 0) is 44.0 Å². The van der Waals surface area contributed by atoms with Gasteiger partial charge in [0.25, 0.3) is 0 Å². The van der Waals surface area contributed by atoms with Crippen LogP contribution in [0.3, 0.4) is 0 Å². The van der Waals surface area contributed by atoms with Crippen molar-refractivity contribution in [2.24, 2.45) is 0 Å². The maximum atomic E-state index is 11.9. The van der Waals surface area contributed by atoms with Crippen molar-refractivity contribution >= 4 is 17.5 Å². The molecule has 0 unspecified atom stereocenters. The molecule has 1 aromatic rings. The van der Waals surface area contributed by atoms with Crippen LogP contribution in [-0.4, -0.2) is 19.0 Å². The topological polar surface area (TPSA) is 52.6 Å². The highest BCUT2D eigenvalue weighted by molar-refractivity contribution is 6.22. The number of hydrogen-bond acceptors (Lipinski definition) is 4. The lowest BCUT2D eigenvalue weighted by molar-refractivity contribution is -0.149. The predicted octanol–water partition coefficient (Wildman–Crippen LogP) is 2.89. The summed E-state index contributed by atoms with van der Waals surface area (Å²) < 4.78 is 9.89. The van der Waals surface area contributed by atoms with Crippen molar-refractivity contribution < 1.29 is 19.1 Å². The Morgan fingerprint density at radius 1 is 1.05 bits per heavy atom. The normalized spacial score (nSPS) is 17.1. The molecule has 0 aliphatic carbocycles. The molecule has 1 fully saturated rings. The van der Waals surface area contributed by atoms with Crippen molar-refractivity contribution in [2.45, 2.75) is 20.8 Å².